The Morgan fingerprint density at radius 3 is 2.55 bits per heavy atom. The lowest BCUT2D eigenvalue weighted by atomic mass is 9.93. The van der Waals surface area contributed by atoms with E-state index in [1.54, 1.807) is 31.4 Å². The molecule has 0 unspecified atom stereocenters. The molecular formula is C26H27N3O4. The summed E-state index contributed by atoms with van der Waals surface area (Å²) in [5, 5.41) is 7.35. The van der Waals surface area contributed by atoms with Crippen LogP contribution >= 0.6 is 0 Å². The van der Waals surface area contributed by atoms with E-state index >= 15 is 0 Å². The molecule has 7 heteroatoms. The molecule has 2 aromatic carbocycles. The Labute approximate surface area is 192 Å². The lowest BCUT2D eigenvalue weighted by Gasteiger charge is -2.13. The SMILES string of the molecule is CCc1ccccc1NC(=O)c1oc2c(c1C)/C(=N/NC(=O)c1ccc(OC)cc1)CCC2. The van der Waals surface area contributed by atoms with Crippen molar-refractivity contribution in [3.63, 3.8) is 0 Å². The van der Waals surface area contributed by atoms with Crippen LogP contribution in [0.25, 0.3) is 0 Å². The van der Waals surface area contributed by atoms with Crippen LogP contribution in [0.15, 0.2) is 58.0 Å². The summed E-state index contributed by atoms with van der Waals surface area (Å²) in [6.07, 6.45) is 3.06. The van der Waals surface area contributed by atoms with E-state index in [-0.39, 0.29) is 17.6 Å². The number of methoxy groups -OCH3 is 1. The fraction of sp³-hybridized carbons (Fsp3) is 0.269. The zero-order valence-electron chi connectivity index (χ0n) is 19.0. The molecule has 170 valence electrons. The third-order valence-electron chi connectivity index (χ3n) is 5.82. The Bertz CT molecular complexity index is 1210. The second-order valence-corrected chi connectivity index (χ2v) is 7.90. The summed E-state index contributed by atoms with van der Waals surface area (Å²) < 4.78 is 11.1. The minimum atomic E-state index is -0.312. The predicted octanol–water partition coefficient (Wildman–Crippen LogP) is 4.88. The van der Waals surface area contributed by atoms with E-state index in [1.807, 2.05) is 38.1 Å². The molecule has 2 N–H and O–H groups in total. The van der Waals surface area contributed by atoms with E-state index < -0.39 is 0 Å². The molecule has 1 aliphatic rings. The van der Waals surface area contributed by atoms with Gasteiger partial charge in [0.2, 0.25) is 0 Å². The van der Waals surface area contributed by atoms with E-state index in [4.69, 9.17) is 9.15 Å². The number of hydrogen-bond donors (Lipinski definition) is 2. The zero-order chi connectivity index (χ0) is 23.4. The largest absolute Gasteiger partial charge is 0.497 e. The Kier molecular flexibility index (Phi) is 6.58. The van der Waals surface area contributed by atoms with Crippen molar-refractivity contribution in [1.82, 2.24) is 5.43 Å². The number of carbonyl (C=O) groups is 2. The number of fused-ring (bicyclic) bond motifs is 1. The molecule has 0 fully saturated rings. The van der Waals surface area contributed by atoms with Crippen molar-refractivity contribution in [2.75, 3.05) is 12.4 Å². The highest BCUT2D eigenvalue weighted by molar-refractivity contribution is 6.09. The number of nitrogens with one attached hydrogen (secondary N) is 2. The molecule has 0 saturated heterocycles. The van der Waals surface area contributed by atoms with E-state index in [0.717, 1.165) is 47.4 Å². The second kappa shape index (κ2) is 9.73. The highest BCUT2D eigenvalue weighted by Crippen LogP contribution is 2.30. The number of anilines is 1. The van der Waals surface area contributed by atoms with Crippen molar-refractivity contribution >= 4 is 23.2 Å². The van der Waals surface area contributed by atoms with Crippen LogP contribution < -0.4 is 15.5 Å². The van der Waals surface area contributed by atoms with Gasteiger partial charge in [-0.2, -0.15) is 5.10 Å². The summed E-state index contributed by atoms with van der Waals surface area (Å²) in [7, 11) is 1.58. The standard InChI is InChI=1S/C26H27N3O4/c1-4-17-8-5-6-9-20(17)27-26(31)24-16(2)23-21(10-7-11-22(23)33-24)28-29-25(30)18-12-14-19(32-3)15-13-18/h5-6,8-9,12-15H,4,7,10-11H2,1-3H3,(H,27,31)(H,29,30)/b28-21+. The van der Waals surface area contributed by atoms with E-state index in [2.05, 4.69) is 15.8 Å². The summed E-state index contributed by atoms with van der Waals surface area (Å²) in [6.45, 7) is 3.90. The zero-order valence-corrected chi connectivity index (χ0v) is 19.0. The average molecular weight is 446 g/mol. The number of para-hydroxylation sites is 1. The van der Waals surface area contributed by atoms with Crippen molar-refractivity contribution in [1.29, 1.82) is 0 Å². The van der Waals surface area contributed by atoms with Gasteiger partial charge in [0.1, 0.15) is 11.5 Å². The van der Waals surface area contributed by atoms with Gasteiger partial charge in [0.15, 0.2) is 5.76 Å². The van der Waals surface area contributed by atoms with Crippen LogP contribution in [0.1, 0.15) is 63.1 Å². The number of nitrogens with zero attached hydrogens (tertiary/aromatic N) is 1. The first kappa shape index (κ1) is 22.3. The van der Waals surface area contributed by atoms with Gasteiger partial charge >= 0.3 is 0 Å². The number of hydrogen-bond acceptors (Lipinski definition) is 5. The molecule has 7 nitrogen and oxygen atoms in total. The van der Waals surface area contributed by atoms with Crippen LogP contribution in [0.4, 0.5) is 5.69 Å². The lowest BCUT2D eigenvalue weighted by Crippen LogP contribution is -2.22. The van der Waals surface area contributed by atoms with Crippen LogP contribution in [0, 0.1) is 6.92 Å². The molecule has 0 radical (unpaired) electrons. The molecule has 1 heterocycles. The van der Waals surface area contributed by atoms with E-state index in [0.29, 0.717) is 23.4 Å². The first-order valence-corrected chi connectivity index (χ1v) is 11.0. The van der Waals surface area contributed by atoms with Crippen LogP contribution in [0.3, 0.4) is 0 Å². The quantitative estimate of drug-likeness (QED) is 0.529. The smallest absolute Gasteiger partial charge is 0.291 e. The second-order valence-electron chi connectivity index (χ2n) is 7.90. The number of aryl methyl sites for hydroxylation is 2. The number of benzene rings is 2. The monoisotopic (exact) mass is 445 g/mol. The number of carbonyl (C=O) groups excluding carboxylic acids is 2. The fourth-order valence-electron chi connectivity index (χ4n) is 4.05. The Balaban J connectivity index is 1.55. The molecule has 0 spiro atoms. The molecular weight excluding hydrogens is 418 g/mol. The first-order valence-electron chi connectivity index (χ1n) is 11.0. The van der Waals surface area contributed by atoms with Crippen LogP contribution in [0.5, 0.6) is 5.75 Å². The molecule has 0 atom stereocenters. The number of ether oxygens (including phenoxy) is 1. The maximum Gasteiger partial charge on any atom is 0.291 e. The number of rotatable bonds is 6. The van der Waals surface area contributed by atoms with E-state index in [9.17, 15) is 9.59 Å². The highest BCUT2D eigenvalue weighted by atomic mass is 16.5. The van der Waals surface area contributed by atoms with Gasteiger partial charge in [-0.05, 0) is 62.1 Å². The molecule has 1 aromatic heterocycles. The van der Waals surface area contributed by atoms with Crippen molar-refractivity contribution in [2.24, 2.45) is 5.10 Å². The first-order chi connectivity index (χ1) is 16.0. The minimum absolute atomic E-state index is 0.280. The number of furan rings is 1. The molecule has 3 aromatic rings. The molecule has 33 heavy (non-hydrogen) atoms. The summed E-state index contributed by atoms with van der Waals surface area (Å²) in [5.41, 5.74) is 7.21. The molecule has 4 rings (SSSR count). The van der Waals surface area contributed by atoms with Gasteiger partial charge in [0.05, 0.1) is 12.8 Å². The van der Waals surface area contributed by atoms with E-state index in [1.165, 1.54) is 0 Å². The highest BCUT2D eigenvalue weighted by Gasteiger charge is 2.28. The molecule has 0 bridgehead atoms. The topological polar surface area (TPSA) is 92.9 Å². The Morgan fingerprint density at radius 1 is 1.06 bits per heavy atom. The van der Waals surface area contributed by atoms with Crippen molar-refractivity contribution < 1.29 is 18.7 Å². The number of hydrazone groups is 1. The van der Waals surface area contributed by atoms with Gasteiger partial charge in [-0.25, -0.2) is 5.43 Å². The van der Waals surface area contributed by atoms with Crippen molar-refractivity contribution in [3.8, 4) is 5.75 Å². The maximum absolute atomic E-state index is 13.0. The van der Waals surface area contributed by atoms with Gasteiger partial charge in [0, 0.05) is 28.8 Å². The van der Waals surface area contributed by atoms with Crippen LogP contribution in [-0.4, -0.2) is 24.6 Å². The predicted molar refractivity (Wildman–Crippen MR) is 127 cm³/mol. The molecule has 0 saturated carbocycles. The Morgan fingerprint density at radius 2 is 1.82 bits per heavy atom. The molecule has 2 amide bonds. The minimum Gasteiger partial charge on any atom is -0.497 e. The average Bonchev–Trinajstić information content (AvgIpc) is 3.20. The Hall–Kier alpha value is -3.87. The van der Waals surface area contributed by atoms with Gasteiger partial charge in [-0.15, -0.1) is 0 Å². The third kappa shape index (κ3) is 4.67. The summed E-state index contributed by atoms with van der Waals surface area (Å²) in [5.74, 6) is 1.08. The van der Waals surface area contributed by atoms with Crippen molar-refractivity contribution in [2.45, 2.75) is 39.5 Å². The van der Waals surface area contributed by atoms with Crippen LogP contribution in [0.2, 0.25) is 0 Å². The van der Waals surface area contributed by atoms with Crippen molar-refractivity contribution in [3.05, 3.63) is 82.3 Å². The fourth-order valence-corrected chi connectivity index (χ4v) is 4.05. The van der Waals surface area contributed by atoms with Gasteiger partial charge in [-0.3, -0.25) is 9.59 Å². The maximum atomic E-state index is 13.0. The summed E-state index contributed by atoms with van der Waals surface area (Å²) in [4.78, 5) is 25.5. The lowest BCUT2D eigenvalue weighted by molar-refractivity contribution is 0.0953. The van der Waals surface area contributed by atoms with Gasteiger partial charge < -0.3 is 14.5 Å². The summed E-state index contributed by atoms with van der Waals surface area (Å²) in [6, 6.07) is 14.5. The number of amides is 2. The summed E-state index contributed by atoms with van der Waals surface area (Å²) >= 11 is 0. The van der Waals surface area contributed by atoms with Gasteiger partial charge in [-0.1, -0.05) is 25.1 Å². The third-order valence-corrected chi connectivity index (χ3v) is 5.82. The molecule has 1 aliphatic carbocycles. The molecule has 0 aliphatic heterocycles. The van der Waals surface area contributed by atoms with Crippen LogP contribution in [-0.2, 0) is 12.8 Å². The normalized spacial score (nSPS) is 14.0. The van der Waals surface area contributed by atoms with Gasteiger partial charge in [0.25, 0.3) is 11.8 Å².